The average Bonchev–Trinajstić information content (AvgIpc) is 3.33. The van der Waals surface area contributed by atoms with Gasteiger partial charge in [0, 0.05) is 11.9 Å². The van der Waals surface area contributed by atoms with Gasteiger partial charge in [-0.2, -0.15) is 0 Å². The van der Waals surface area contributed by atoms with Gasteiger partial charge in [-0.05, 0) is 41.5 Å². The highest BCUT2D eigenvalue weighted by molar-refractivity contribution is 6.24. The van der Waals surface area contributed by atoms with Gasteiger partial charge >= 0.3 is 0 Å². The first-order chi connectivity index (χ1) is 16.1. The second kappa shape index (κ2) is 7.45. The van der Waals surface area contributed by atoms with Gasteiger partial charge in [-0.1, -0.05) is 60.7 Å². The van der Waals surface area contributed by atoms with Crippen LogP contribution >= 0.6 is 0 Å². The Hall–Kier alpha value is -4.19. The third-order valence-corrected chi connectivity index (χ3v) is 6.79. The second-order valence-electron chi connectivity index (χ2n) is 8.54. The molecule has 0 unspecified atom stereocenters. The Balaban J connectivity index is 1.45. The molecule has 0 aromatic heterocycles. The van der Waals surface area contributed by atoms with Crippen molar-refractivity contribution in [3.05, 3.63) is 102 Å². The first-order valence-corrected chi connectivity index (χ1v) is 11.0. The van der Waals surface area contributed by atoms with E-state index >= 15 is 0 Å². The van der Waals surface area contributed by atoms with Crippen LogP contribution in [-0.2, 0) is 14.4 Å². The summed E-state index contributed by atoms with van der Waals surface area (Å²) in [6.07, 6.45) is 3.80. The number of nitrogens with zero attached hydrogens (tertiary/aromatic N) is 2. The van der Waals surface area contributed by atoms with E-state index in [-0.39, 0.29) is 23.8 Å². The molecule has 3 heterocycles. The predicted molar refractivity (Wildman–Crippen MR) is 125 cm³/mol. The SMILES string of the molecule is O=C(Nc1ccccc1)[C@@H]1[C@@H]2C(=O)N(c3ccccc3)C(=O)[C@@H]2[C@@H]2c3ccccc3C=CN12. The molecule has 2 saturated heterocycles. The van der Waals surface area contributed by atoms with Crippen LogP contribution in [0.4, 0.5) is 11.4 Å². The molecule has 6 heteroatoms. The summed E-state index contributed by atoms with van der Waals surface area (Å²) in [5, 5.41) is 2.95. The molecule has 1 N–H and O–H groups in total. The van der Waals surface area contributed by atoms with Crippen molar-refractivity contribution in [2.45, 2.75) is 12.1 Å². The summed E-state index contributed by atoms with van der Waals surface area (Å²) < 4.78 is 0. The largest absolute Gasteiger partial charge is 0.357 e. The summed E-state index contributed by atoms with van der Waals surface area (Å²) in [5.41, 5.74) is 3.15. The Morgan fingerprint density at radius 3 is 2.15 bits per heavy atom. The predicted octanol–water partition coefficient (Wildman–Crippen LogP) is 3.84. The van der Waals surface area contributed by atoms with Gasteiger partial charge in [0.25, 0.3) is 0 Å². The first-order valence-electron chi connectivity index (χ1n) is 11.0. The van der Waals surface area contributed by atoms with Crippen LogP contribution in [0.2, 0.25) is 0 Å². The van der Waals surface area contributed by atoms with Gasteiger partial charge in [-0.3, -0.25) is 14.4 Å². The van der Waals surface area contributed by atoms with Gasteiger partial charge in [0.05, 0.1) is 23.6 Å². The molecule has 0 aliphatic carbocycles. The molecule has 6 nitrogen and oxygen atoms in total. The molecule has 3 amide bonds. The molecule has 0 bridgehead atoms. The number of carbonyl (C=O) groups excluding carboxylic acids is 3. The maximum Gasteiger partial charge on any atom is 0.247 e. The molecule has 3 aromatic rings. The number of para-hydroxylation sites is 2. The van der Waals surface area contributed by atoms with Gasteiger partial charge < -0.3 is 10.2 Å². The number of hydrogen-bond acceptors (Lipinski definition) is 4. The maximum absolute atomic E-state index is 13.7. The van der Waals surface area contributed by atoms with Crippen molar-refractivity contribution in [2.24, 2.45) is 11.8 Å². The van der Waals surface area contributed by atoms with Crippen LogP contribution in [0.5, 0.6) is 0 Å². The fraction of sp³-hybridized carbons (Fsp3) is 0.148. The number of anilines is 2. The summed E-state index contributed by atoms with van der Waals surface area (Å²) in [5.74, 6) is -2.30. The van der Waals surface area contributed by atoms with Crippen molar-refractivity contribution in [3.63, 3.8) is 0 Å². The van der Waals surface area contributed by atoms with E-state index in [1.54, 1.807) is 36.4 Å². The molecule has 6 rings (SSSR count). The van der Waals surface area contributed by atoms with Gasteiger partial charge in [-0.15, -0.1) is 0 Å². The number of fused-ring (bicyclic) bond motifs is 5. The Labute approximate surface area is 191 Å². The second-order valence-corrected chi connectivity index (χ2v) is 8.54. The van der Waals surface area contributed by atoms with Gasteiger partial charge in [0.15, 0.2) is 0 Å². The zero-order valence-corrected chi connectivity index (χ0v) is 17.7. The van der Waals surface area contributed by atoms with Crippen LogP contribution < -0.4 is 10.2 Å². The van der Waals surface area contributed by atoms with Gasteiger partial charge in [0.1, 0.15) is 6.04 Å². The number of benzene rings is 3. The highest BCUT2D eigenvalue weighted by Crippen LogP contribution is 2.53. The third-order valence-electron chi connectivity index (χ3n) is 6.79. The molecule has 3 aliphatic heterocycles. The molecule has 2 fully saturated rings. The highest BCUT2D eigenvalue weighted by Gasteiger charge is 2.64. The topological polar surface area (TPSA) is 69.7 Å². The first kappa shape index (κ1) is 19.5. The van der Waals surface area contributed by atoms with Crippen molar-refractivity contribution in [1.82, 2.24) is 4.90 Å². The fourth-order valence-corrected chi connectivity index (χ4v) is 5.43. The van der Waals surface area contributed by atoms with E-state index in [4.69, 9.17) is 0 Å². The molecule has 0 saturated carbocycles. The van der Waals surface area contributed by atoms with Crippen LogP contribution in [0.25, 0.3) is 6.08 Å². The van der Waals surface area contributed by atoms with Crippen molar-refractivity contribution >= 4 is 35.2 Å². The Bertz CT molecular complexity index is 1290. The van der Waals surface area contributed by atoms with E-state index in [0.717, 1.165) is 11.1 Å². The van der Waals surface area contributed by atoms with Crippen LogP contribution in [0.15, 0.2) is 91.1 Å². The number of rotatable bonds is 3. The number of carbonyl (C=O) groups is 3. The lowest BCUT2D eigenvalue weighted by Gasteiger charge is -2.35. The number of imide groups is 1. The fourth-order valence-electron chi connectivity index (χ4n) is 5.43. The molecule has 0 radical (unpaired) electrons. The van der Waals surface area contributed by atoms with E-state index in [9.17, 15) is 14.4 Å². The van der Waals surface area contributed by atoms with Crippen LogP contribution in [0.3, 0.4) is 0 Å². The van der Waals surface area contributed by atoms with Crippen LogP contribution in [0, 0.1) is 11.8 Å². The summed E-state index contributed by atoms with van der Waals surface area (Å²) in [4.78, 5) is 44.1. The van der Waals surface area contributed by atoms with E-state index in [1.807, 2.05) is 65.7 Å². The zero-order valence-electron chi connectivity index (χ0n) is 17.7. The minimum absolute atomic E-state index is 0.258. The zero-order chi connectivity index (χ0) is 22.5. The Morgan fingerprint density at radius 1 is 0.758 bits per heavy atom. The highest BCUT2D eigenvalue weighted by atomic mass is 16.2. The maximum atomic E-state index is 13.7. The summed E-state index contributed by atoms with van der Waals surface area (Å²) in [6.45, 7) is 0. The molecule has 162 valence electrons. The van der Waals surface area contributed by atoms with E-state index in [1.165, 1.54) is 4.90 Å². The molecule has 3 aromatic carbocycles. The standard InChI is InChI=1S/C27H21N3O3/c31-25(28-18-10-3-1-4-11-18)24-22-21(23-20-14-8-7-9-17(20)15-16-29(23)24)26(32)30(27(22)33)19-12-5-2-6-13-19/h1-16,21-24H,(H,28,31)/t21-,22+,23-,24-/m0/s1. The minimum Gasteiger partial charge on any atom is -0.357 e. The van der Waals surface area contributed by atoms with E-state index < -0.39 is 17.9 Å². The van der Waals surface area contributed by atoms with Crippen LogP contribution in [0.1, 0.15) is 17.2 Å². The normalized spacial score (nSPS) is 25.0. The lowest BCUT2D eigenvalue weighted by atomic mass is 9.84. The van der Waals surface area contributed by atoms with Crippen LogP contribution in [-0.4, -0.2) is 28.7 Å². The molecule has 3 aliphatic rings. The average molecular weight is 435 g/mol. The van der Waals surface area contributed by atoms with E-state index in [2.05, 4.69) is 5.32 Å². The quantitative estimate of drug-likeness (QED) is 0.635. The van der Waals surface area contributed by atoms with Crippen molar-refractivity contribution < 1.29 is 14.4 Å². The smallest absolute Gasteiger partial charge is 0.247 e. The number of amides is 3. The van der Waals surface area contributed by atoms with Crippen molar-refractivity contribution in [1.29, 1.82) is 0 Å². The lowest BCUT2D eigenvalue weighted by molar-refractivity contribution is -0.128. The van der Waals surface area contributed by atoms with Gasteiger partial charge in [0.2, 0.25) is 17.7 Å². The lowest BCUT2D eigenvalue weighted by Crippen LogP contribution is -2.46. The summed E-state index contributed by atoms with van der Waals surface area (Å²) in [7, 11) is 0. The minimum atomic E-state index is -0.796. The summed E-state index contributed by atoms with van der Waals surface area (Å²) >= 11 is 0. The van der Waals surface area contributed by atoms with Crippen molar-refractivity contribution in [3.8, 4) is 0 Å². The Kier molecular flexibility index (Phi) is 4.40. The Morgan fingerprint density at radius 2 is 1.39 bits per heavy atom. The number of hydrogen-bond donors (Lipinski definition) is 1. The van der Waals surface area contributed by atoms with Gasteiger partial charge in [-0.25, -0.2) is 4.90 Å². The molecular weight excluding hydrogens is 414 g/mol. The molecule has 4 atom stereocenters. The molecule has 33 heavy (non-hydrogen) atoms. The molecular formula is C27H21N3O3. The molecule has 0 spiro atoms. The van der Waals surface area contributed by atoms with Crippen molar-refractivity contribution in [2.75, 3.05) is 10.2 Å². The third kappa shape index (κ3) is 2.91. The number of nitrogens with one attached hydrogen (secondary N) is 1. The summed E-state index contributed by atoms with van der Waals surface area (Å²) in [6, 6.07) is 24.8. The monoisotopic (exact) mass is 435 g/mol. The van der Waals surface area contributed by atoms with E-state index in [0.29, 0.717) is 11.4 Å².